The van der Waals surface area contributed by atoms with Gasteiger partial charge in [-0.15, -0.1) is 0 Å². The molecule has 0 aliphatic heterocycles. The normalized spacial score (nSPS) is 10.9. The molecule has 0 aromatic heterocycles. The SMILES string of the molecule is CCCCc1cc(F)c(CCc2ccc(C#Cc3ccc4c(F)c(F)ccc4c3)c(F)c2)c(F)c1. The van der Waals surface area contributed by atoms with Crippen LogP contribution in [0.3, 0.4) is 0 Å². The summed E-state index contributed by atoms with van der Waals surface area (Å²) < 4.78 is 70.7. The molecule has 0 saturated carbocycles. The topological polar surface area (TPSA) is 0 Å². The summed E-state index contributed by atoms with van der Waals surface area (Å²) in [7, 11) is 0. The molecule has 0 aliphatic rings. The Morgan fingerprint density at radius 1 is 0.629 bits per heavy atom. The Hall–Kier alpha value is -3.65. The summed E-state index contributed by atoms with van der Waals surface area (Å²) in [4.78, 5) is 0. The van der Waals surface area contributed by atoms with Crippen LogP contribution in [0.15, 0.2) is 60.7 Å². The van der Waals surface area contributed by atoms with Crippen LogP contribution >= 0.6 is 0 Å². The number of unbranched alkanes of at least 4 members (excludes halogenated alkanes) is 1. The molecular weight excluding hydrogens is 455 g/mol. The third kappa shape index (κ3) is 5.71. The van der Waals surface area contributed by atoms with Crippen molar-refractivity contribution in [1.82, 2.24) is 0 Å². The first-order valence-electron chi connectivity index (χ1n) is 11.5. The molecule has 0 nitrogen and oxygen atoms in total. The summed E-state index contributed by atoms with van der Waals surface area (Å²) >= 11 is 0. The average Bonchev–Trinajstić information content (AvgIpc) is 2.84. The highest BCUT2D eigenvalue weighted by molar-refractivity contribution is 5.84. The first kappa shape index (κ1) is 24.5. The predicted molar refractivity (Wildman–Crippen MR) is 129 cm³/mol. The van der Waals surface area contributed by atoms with E-state index in [0.29, 0.717) is 28.5 Å². The van der Waals surface area contributed by atoms with Gasteiger partial charge in [0.15, 0.2) is 11.6 Å². The van der Waals surface area contributed by atoms with Gasteiger partial charge in [0, 0.05) is 16.5 Å². The van der Waals surface area contributed by atoms with E-state index < -0.39 is 29.1 Å². The summed E-state index contributed by atoms with van der Waals surface area (Å²) in [5.74, 6) is 2.05. The predicted octanol–water partition coefficient (Wildman–Crippen LogP) is 8.06. The van der Waals surface area contributed by atoms with Crippen LogP contribution in [-0.2, 0) is 19.3 Å². The highest BCUT2D eigenvalue weighted by Gasteiger charge is 2.12. The minimum Gasteiger partial charge on any atom is -0.207 e. The maximum absolute atomic E-state index is 14.6. The lowest BCUT2D eigenvalue weighted by Gasteiger charge is -2.09. The fourth-order valence-electron chi connectivity index (χ4n) is 3.99. The van der Waals surface area contributed by atoms with Crippen LogP contribution in [0, 0.1) is 40.9 Å². The van der Waals surface area contributed by atoms with Crippen LogP contribution in [0.25, 0.3) is 10.8 Å². The minimum atomic E-state index is -0.923. The molecule has 0 saturated heterocycles. The summed E-state index contributed by atoms with van der Waals surface area (Å²) in [6.07, 6.45) is 2.84. The smallest absolute Gasteiger partial charge is 0.166 e. The first-order valence-corrected chi connectivity index (χ1v) is 11.5. The molecule has 0 heterocycles. The maximum Gasteiger partial charge on any atom is 0.166 e. The van der Waals surface area contributed by atoms with E-state index in [0.717, 1.165) is 18.9 Å². The lowest BCUT2D eigenvalue weighted by atomic mass is 9.99. The van der Waals surface area contributed by atoms with Gasteiger partial charge in [-0.2, -0.15) is 0 Å². The lowest BCUT2D eigenvalue weighted by molar-refractivity contribution is 0.517. The Morgan fingerprint density at radius 3 is 2.09 bits per heavy atom. The van der Waals surface area contributed by atoms with Crippen LogP contribution in [0.1, 0.15) is 47.6 Å². The van der Waals surface area contributed by atoms with E-state index in [9.17, 15) is 22.0 Å². The van der Waals surface area contributed by atoms with Crippen molar-refractivity contribution in [3.05, 3.63) is 118 Å². The molecule has 5 heteroatoms. The fraction of sp³-hybridized carbons (Fsp3) is 0.200. The quantitative estimate of drug-likeness (QED) is 0.194. The number of hydrogen-bond donors (Lipinski definition) is 0. The van der Waals surface area contributed by atoms with Gasteiger partial charge in [0.25, 0.3) is 0 Å². The van der Waals surface area contributed by atoms with Gasteiger partial charge in [-0.05, 0) is 84.7 Å². The van der Waals surface area contributed by atoms with Crippen LogP contribution in [0.2, 0.25) is 0 Å². The standard InChI is InChI=1S/C30H23F5/c1-2-3-4-21-17-28(33)25(29(34)18-21)13-8-20-6-10-22(27(32)16-20)9-5-19-7-12-24-23(15-19)11-14-26(31)30(24)35/h6-7,10-12,14-18H,2-4,8,13H2,1H3. The molecule has 0 fully saturated rings. The molecular formula is C30H23F5. The average molecular weight is 479 g/mol. The zero-order chi connectivity index (χ0) is 24.9. The molecule has 35 heavy (non-hydrogen) atoms. The molecule has 0 amide bonds. The van der Waals surface area contributed by atoms with Crippen LogP contribution in [0.5, 0.6) is 0 Å². The Kier molecular flexibility index (Phi) is 7.51. The molecule has 4 aromatic carbocycles. The lowest BCUT2D eigenvalue weighted by Crippen LogP contribution is -2.02. The zero-order valence-corrected chi connectivity index (χ0v) is 19.2. The van der Waals surface area contributed by atoms with Gasteiger partial charge >= 0.3 is 0 Å². The van der Waals surface area contributed by atoms with E-state index in [1.54, 1.807) is 18.2 Å². The molecule has 0 atom stereocenters. The van der Waals surface area contributed by atoms with Crippen molar-refractivity contribution in [1.29, 1.82) is 0 Å². The number of aryl methyl sites for hydroxylation is 2. The Balaban J connectivity index is 1.47. The van der Waals surface area contributed by atoms with Gasteiger partial charge in [-0.3, -0.25) is 0 Å². The molecule has 0 spiro atoms. The van der Waals surface area contributed by atoms with Crippen molar-refractivity contribution in [3.8, 4) is 11.8 Å². The molecule has 0 aliphatic carbocycles. The number of rotatable bonds is 6. The highest BCUT2D eigenvalue weighted by atomic mass is 19.2. The van der Waals surface area contributed by atoms with Crippen molar-refractivity contribution in [2.45, 2.75) is 39.0 Å². The van der Waals surface area contributed by atoms with E-state index in [2.05, 4.69) is 11.8 Å². The second-order valence-corrected chi connectivity index (χ2v) is 8.50. The second-order valence-electron chi connectivity index (χ2n) is 8.50. The largest absolute Gasteiger partial charge is 0.207 e. The van der Waals surface area contributed by atoms with Crippen LogP contribution in [0.4, 0.5) is 22.0 Å². The molecule has 0 N–H and O–H groups in total. The second kappa shape index (κ2) is 10.7. The molecule has 4 rings (SSSR count). The Labute approximate surface area is 201 Å². The third-order valence-corrected chi connectivity index (χ3v) is 5.97. The molecule has 178 valence electrons. The van der Waals surface area contributed by atoms with Gasteiger partial charge < -0.3 is 0 Å². The van der Waals surface area contributed by atoms with Crippen molar-refractivity contribution in [2.24, 2.45) is 0 Å². The number of benzene rings is 4. The van der Waals surface area contributed by atoms with Crippen LogP contribution in [-0.4, -0.2) is 0 Å². The van der Waals surface area contributed by atoms with E-state index in [4.69, 9.17) is 0 Å². The highest BCUT2D eigenvalue weighted by Crippen LogP contribution is 2.22. The van der Waals surface area contributed by atoms with Crippen molar-refractivity contribution >= 4 is 10.8 Å². The van der Waals surface area contributed by atoms with Gasteiger partial charge in [-0.25, -0.2) is 22.0 Å². The van der Waals surface area contributed by atoms with Crippen molar-refractivity contribution < 1.29 is 22.0 Å². The summed E-state index contributed by atoms with van der Waals surface area (Å²) in [5.41, 5.74) is 1.94. The number of fused-ring (bicyclic) bond motifs is 1. The fourth-order valence-corrected chi connectivity index (χ4v) is 3.99. The number of hydrogen-bond acceptors (Lipinski definition) is 0. The van der Waals surface area contributed by atoms with E-state index in [1.165, 1.54) is 36.4 Å². The molecule has 0 bridgehead atoms. The maximum atomic E-state index is 14.6. The molecule has 0 radical (unpaired) electrons. The third-order valence-electron chi connectivity index (χ3n) is 5.97. The van der Waals surface area contributed by atoms with Crippen LogP contribution < -0.4 is 0 Å². The molecule has 0 unspecified atom stereocenters. The monoisotopic (exact) mass is 478 g/mol. The Bertz CT molecular complexity index is 1420. The van der Waals surface area contributed by atoms with Crippen molar-refractivity contribution in [3.63, 3.8) is 0 Å². The van der Waals surface area contributed by atoms with Gasteiger partial charge in [0.2, 0.25) is 0 Å². The Morgan fingerprint density at radius 2 is 1.37 bits per heavy atom. The van der Waals surface area contributed by atoms with Gasteiger partial charge in [-0.1, -0.05) is 43.4 Å². The minimum absolute atomic E-state index is 0.00199. The van der Waals surface area contributed by atoms with E-state index in [1.807, 2.05) is 6.92 Å². The summed E-state index contributed by atoms with van der Waals surface area (Å²) in [6.45, 7) is 2.02. The van der Waals surface area contributed by atoms with E-state index in [-0.39, 0.29) is 29.4 Å². The first-order chi connectivity index (χ1) is 16.9. The summed E-state index contributed by atoms with van der Waals surface area (Å²) in [5, 5.41) is 0.638. The van der Waals surface area contributed by atoms with Crippen molar-refractivity contribution in [2.75, 3.05) is 0 Å². The zero-order valence-electron chi connectivity index (χ0n) is 19.2. The van der Waals surface area contributed by atoms with E-state index >= 15 is 0 Å². The summed E-state index contributed by atoms with van der Waals surface area (Å²) in [6, 6.07) is 14.4. The molecule has 4 aromatic rings. The number of halogens is 5. The van der Waals surface area contributed by atoms with Gasteiger partial charge in [0.05, 0.1) is 5.56 Å². The van der Waals surface area contributed by atoms with Gasteiger partial charge in [0.1, 0.15) is 17.5 Å².